The predicted octanol–water partition coefficient (Wildman–Crippen LogP) is 2.00. The maximum absolute atomic E-state index is 11.9. The highest BCUT2D eigenvalue weighted by atomic mass is 35.5. The van der Waals surface area contributed by atoms with Crippen LogP contribution in [0.1, 0.15) is 28.8 Å². The van der Waals surface area contributed by atoms with E-state index < -0.39 is 17.4 Å². The molecule has 0 spiro atoms. The summed E-state index contributed by atoms with van der Waals surface area (Å²) < 4.78 is 0. The number of rotatable bonds is 3. The van der Waals surface area contributed by atoms with Crippen molar-refractivity contribution in [2.45, 2.75) is 25.3 Å². The molecule has 0 saturated heterocycles. The summed E-state index contributed by atoms with van der Waals surface area (Å²) >= 11 is 5.94. The van der Waals surface area contributed by atoms with Gasteiger partial charge >= 0.3 is 5.97 Å². The topological polar surface area (TPSA) is 66.4 Å². The molecule has 2 rings (SSSR count). The van der Waals surface area contributed by atoms with Crippen LogP contribution < -0.4 is 5.32 Å². The molecule has 1 aromatic rings. The molecule has 1 saturated carbocycles. The molecule has 0 unspecified atom stereocenters. The molecule has 1 aliphatic rings. The van der Waals surface area contributed by atoms with Gasteiger partial charge in [0.2, 0.25) is 0 Å². The fraction of sp³-hybridized carbons (Fsp3) is 0.333. The second-order valence-corrected chi connectivity index (χ2v) is 4.73. The van der Waals surface area contributed by atoms with E-state index >= 15 is 0 Å². The minimum absolute atomic E-state index is 0.310. The van der Waals surface area contributed by atoms with Crippen LogP contribution in [-0.4, -0.2) is 22.5 Å². The van der Waals surface area contributed by atoms with Gasteiger partial charge in [0.05, 0.1) is 10.6 Å². The molecule has 0 heterocycles. The fourth-order valence-electron chi connectivity index (χ4n) is 1.61. The molecule has 1 amide bonds. The lowest BCUT2D eigenvalue weighted by atomic mass is 10.1. The van der Waals surface area contributed by atoms with Crippen LogP contribution in [0.15, 0.2) is 18.2 Å². The van der Waals surface area contributed by atoms with Crippen LogP contribution in [0.25, 0.3) is 0 Å². The first-order chi connectivity index (χ1) is 7.94. The smallest absolute Gasteiger partial charge is 0.329 e. The van der Waals surface area contributed by atoms with E-state index in [0.29, 0.717) is 23.4 Å². The van der Waals surface area contributed by atoms with E-state index in [1.165, 1.54) is 0 Å². The van der Waals surface area contributed by atoms with Gasteiger partial charge in [-0.15, -0.1) is 0 Å². The maximum Gasteiger partial charge on any atom is 0.329 e. The van der Waals surface area contributed by atoms with Crippen molar-refractivity contribution < 1.29 is 14.7 Å². The number of carbonyl (C=O) groups is 2. The van der Waals surface area contributed by atoms with Gasteiger partial charge in [-0.2, -0.15) is 0 Å². The first-order valence-electron chi connectivity index (χ1n) is 5.27. The van der Waals surface area contributed by atoms with Crippen molar-refractivity contribution in [2.24, 2.45) is 0 Å². The van der Waals surface area contributed by atoms with Crippen LogP contribution in [0.3, 0.4) is 0 Å². The van der Waals surface area contributed by atoms with Gasteiger partial charge in [-0.1, -0.05) is 17.7 Å². The number of aliphatic carboxylic acids is 1. The first kappa shape index (κ1) is 11.9. The van der Waals surface area contributed by atoms with Gasteiger partial charge in [0.1, 0.15) is 5.54 Å². The Morgan fingerprint density at radius 3 is 2.53 bits per heavy atom. The van der Waals surface area contributed by atoms with Crippen LogP contribution in [0, 0.1) is 6.92 Å². The molecule has 1 fully saturated rings. The van der Waals surface area contributed by atoms with Gasteiger partial charge < -0.3 is 10.4 Å². The molecule has 17 heavy (non-hydrogen) atoms. The number of amides is 1. The van der Waals surface area contributed by atoms with Crippen molar-refractivity contribution in [2.75, 3.05) is 0 Å². The third-order valence-electron chi connectivity index (χ3n) is 2.88. The molecular weight excluding hydrogens is 242 g/mol. The summed E-state index contributed by atoms with van der Waals surface area (Å²) in [5.41, 5.74) is 0.182. The number of hydrogen-bond acceptors (Lipinski definition) is 2. The Morgan fingerprint density at radius 1 is 1.41 bits per heavy atom. The highest BCUT2D eigenvalue weighted by Gasteiger charge is 2.51. The molecule has 0 atom stereocenters. The Balaban J connectivity index is 2.18. The molecule has 90 valence electrons. The highest BCUT2D eigenvalue weighted by molar-refractivity contribution is 6.34. The van der Waals surface area contributed by atoms with Crippen LogP contribution in [-0.2, 0) is 4.79 Å². The largest absolute Gasteiger partial charge is 0.480 e. The normalized spacial score (nSPS) is 16.4. The summed E-state index contributed by atoms with van der Waals surface area (Å²) in [6, 6.07) is 5.04. The SMILES string of the molecule is Cc1ccc(C(=O)NC2(C(=O)O)CC2)c(Cl)c1. The molecular formula is C12H12ClNO3. The third kappa shape index (κ3) is 2.26. The molecule has 0 bridgehead atoms. The molecule has 0 aliphatic heterocycles. The molecule has 4 nitrogen and oxygen atoms in total. The lowest BCUT2D eigenvalue weighted by molar-refractivity contribution is -0.140. The number of benzene rings is 1. The van der Waals surface area contributed by atoms with Crippen molar-refractivity contribution in [3.8, 4) is 0 Å². The van der Waals surface area contributed by atoms with E-state index in [4.69, 9.17) is 16.7 Å². The Labute approximate surface area is 104 Å². The molecule has 5 heteroatoms. The highest BCUT2D eigenvalue weighted by Crippen LogP contribution is 2.36. The number of carboxylic acids is 1. The summed E-state index contributed by atoms with van der Waals surface area (Å²) in [5.74, 6) is -1.43. The molecule has 2 N–H and O–H groups in total. The van der Waals surface area contributed by atoms with Crippen molar-refractivity contribution in [1.82, 2.24) is 5.32 Å². The van der Waals surface area contributed by atoms with Crippen LogP contribution in [0.5, 0.6) is 0 Å². The van der Waals surface area contributed by atoms with Gasteiger partial charge in [0.15, 0.2) is 0 Å². The summed E-state index contributed by atoms with van der Waals surface area (Å²) in [7, 11) is 0. The molecule has 1 aliphatic carbocycles. The number of carboxylic acid groups (broad SMARTS) is 1. The first-order valence-corrected chi connectivity index (χ1v) is 5.64. The summed E-state index contributed by atoms with van der Waals surface area (Å²) in [6.07, 6.45) is 0.940. The maximum atomic E-state index is 11.9. The number of halogens is 1. The number of aryl methyl sites for hydroxylation is 1. The van der Waals surface area contributed by atoms with Crippen molar-refractivity contribution in [1.29, 1.82) is 0 Å². The predicted molar refractivity (Wildman–Crippen MR) is 63.3 cm³/mol. The summed E-state index contributed by atoms with van der Waals surface area (Å²) in [5, 5.41) is 11.8. The lowest BCUT2D eigenvalue weighted by Gasteiger charge is -2.13. The van der Waals surface area contributed by atoms with Crippen LogP contribution >= 0.6 is 11.6 Å². The fourth-order valence-corrected chi connectivity index (χ4v) is 1.93. The minimum atomic E-state index is -1.08. The van der Waals surface area contributed by atoms with E-state index in [1.807, 2.05) is 6.92 Å². The van der Waals surface area contributed by atoms with E-state index in [2.05, 4.69) is 5.32 Å². The average molecular weight is 254 g/mol. The van der Waals surface area contributed by atoms with Gasteiger partial charge in [0, 0.05) is 0 Å². The summed E-state index contributed by atoms with van der Waals surface area (Å²) in [6.45, 7) is 1.87. The average Bonchev–Trinajstić information content (AvgIpc) is 2.98. The van der Waals surface area contributed by atoms with Gasteiger partial charge in [0.25, 0.3) is 5.91 Å². The van der Waals surface area contributed by atoms with Crippen molar-refractivity contribution in [3.05, 3.63) is 34.3 Å². The monoisotopic (exact) mass is 253 g/mol. The van der Waals surface area contributed by atoms with E-state index in [1.54, 1.807) is 18.2 Å². The third-order valence-corrected chi connectivity index (χ3v) is 3.19. The van der Waals surface area contributed by atoms with E-state index in [0.717, 1.165) is 5.56 Å². The standard InChI is InChI=1S/C12H12ClNO3/c1-7-2-3-8(9(13)6-7)10(15)14-12(4-5-12)11(16)17/h2-3,6H,4-5H2,1H3,(H,14,15)(H,16,17). The zero-order valence-electron chi connectivity index (χ0n) is 9.29. The second kappa shape index (κ2) is 4.04. The Kier molecular flexibility index (Phi) is 2.83. The number of nitrogens with one attached hydrogen (secondary N) is 1. The second-order valence-electron chi connectivity index (χ2n) is 4.32. The summed E-state index contributed by atoms with van der Waals surface area (Å²) in [4.78, 5) is 22.8. The van der Waals surface area contributed by atoms with Crippen LogP contribution in [0.4, 0.5) is 0 Å². The number of hydrogen-bond donors (Lipinski definition) is 2. The number of carbonyl (C=O) groups excluding carboxylic acids is 1. The lowest BCUT2D eigenvalue weighted by Crippen LogP contribution is -2.43. The molecule has 1 aromatic carbocycles. The minimum Gasteiger partial charge on any atom is -0.480 e. The molecule has 0 radical (unpaired) electrons. The van der Waals surface area contributed by atoms with Gasteiger partial charge in [-0.25, -0.2) is 4.79 Å². The van der Waals surface area contributed by atoms with Crippen molar-refractivity contribution in [3.63, 3.8) is 0 Å². The Bertz CT molecular complexity index is 495. The van der Waals surface area contributed by atoms with E-state index in [9.17, 15) is 9.59 Å². The zero-order valence-corrected chi connectivity index (χ0v) is 10.0. The van der Waals surface area contributed by atoms with Crippen LogP contribution in [0.2, 0.25) is 5.02 Å². The van der Waals surface area contributed by atoms with E-state index in [-0.39, 0.29) is 0 Å². The quantitative estimate of drug-likeness (QED) is 0.866. The Morgan fingerprint density at radius 2 is 2.06 bits per heavy atom. The van der Waals surface area contributed by atoms with Gasteiger partial charge in [-0.05, 0) is 37.5 Å². The van der Waals surface area contributed by atoms with Gasteiger partial charge in [-0.3, -0.25) is 4.79 Å². The Hall–Kier alpha value is -1.55. The molecule has 0 aromatic heterocycles. The zero-order chi connectivity index (χ0) is 12.6. The van der Waals surface area contributed by atoms with Crippen molar-refractivity contribution >= 4 is 23.5 Å².